The Kier molecular flexibility index (Phi) is 7.66. The number of rotatable bonds is 7. The van der Waals surface area contributed by atoms with E-state index in [2.05, 4.69) is 27.1 Å². The highest BCUT2D eigenvalue weighted by atomic mass is 32.2. The number of hydrogen-bond acceptors (Lipinski definition) is 7. The van der Waals surface area contributed by atoms with E-state index >= 15 is 0 Å². The van der Waals surface area contributed by atoms with Gasteiger partial charge in [0.05, 0.1) is 18.6 Å². The average Bonchev–Trinajstić information content (AvgIpc) is 3.22. The summed E-state index contributed by atoms with van der Waals surface area (Å²) in [4.78, 5) is 17.9. The maximum Gasteiger partial charge on any atom is 0.293 e. The molecule has 8 nitrogen and oxygen atoms in total. The van der Waals surface area contributed by atoms with Gasteiger partial charge in [-0.15, -0.1) is 0 Å². The van der Waals surface area contributed by atoms with E-state index in [0.29, 0.717) is 18.1 Å². The zero-order valence-electron chi connectivity index (χ0n) is 19.2. The predicted molar refractivity (Wildman–Crippen MR) is 135 cm³/mol. The van der Waals surface area contributed by atoms with Crippen molar-refractivity contribution in [1.29, 1.82) is 4.78 Å². The fourth-order valence-corrected chi connectivity index (χ4v) is 5.80. The average molecular weight is 493 g/mol. The van der Waals surface area contributed by atoms with Crippen molar-refractivity contribution in [3.8, 4) is 17.6 Å². The second kappa shape index (κ2) is 10.9. The largest absolute Gasteiger partial charge is 0.502 e. The third-order valence-electron chi connectivity index (χ3n) is 6.11. The van der Waals surface area contributed by atoms with Crippen LogP contribution in [0, 0.1) is 16.6 Å². The van der Waals surface area contributed by atoms with Crippen LogP contribution >= 0.6 is 0 Å². The summed E-state index contributed by atoms with van der Waals surface area (Å²) < 4.78 is 19.5. The van der Waals surface area contributed by atoms with Crippen molar-refractivity contribution in [2.45, 2.75) is 31.3 Å². The number of benzene rings is 2. The number of hydrogen-bond donors (Lipinski definition) is 5. The summed E-state index contributed by atoms with van der Waals surface area (Å²) in [6, 6.07) is 15.6. The quantitative estimate of drug-likeness (QED) is 0.320. The van der Waals surface area contributed by atoms with Gasteiger partial charge in [-0.1, -0.05) is 36.1 Å². The highest BCUT2D eigenvalue weighted by molar-refractivity contribution is 7.92. The molecule has 0 radical (unpaired) electrons. The van der Waals surface area contributed by atoms with Gasteiger partial charge in [-0.25, -0.2) is 9.19 Å². The van der Waals surface area contributed by atoms with E-state index in [9.17, 15) is 19.2 Å². The van der Waals surface area contributed by atoms with Crippen LogP contribution in [0.15, 0.2) is 59.7 Å². The summed E-state index contributed by atoms with van der Waals surface area (Å²) in [5.74, 6) is 6.46. The lowest BCUT2D eigenvalue weighted by atomic mass is 9.94. The molecule has 0 saturated carbocycles. The van der Waals surface area contributed by atoms with Crippen molar-refractivity contribution in [2.24, 2.45) is 0 Å². The predicted octanol–water partition coefficient (Wildman–Crippen LogP) is 2.10. The Morgan fingerprint density at radius 1 is 1.14 bits per heavy atom. The molecule has 9 heteroatoms. The van der Waals surface area contributed by atoms with E-state index < -0.39 is 21.0 Å². The number of aromatic amines is 1. The number of aliphatic hydroxyl groups excluding tert-OH is 1. The molecule has 0 bridgehead atoms. The van der Waals surface area contributed by atoms with Gasteiger partial charge in [-0.05, 0) is 41.8 Å². The Morgan fingerprint density at radius 3 is 2.40 bits per heavy atom. The van der Waals surface area contributed by atoms with Crippen LogP contribution in [0.1, 0.15) is 40.3 Å². The topological polar surface area (TPSA) is 139 Å². The van der Waals surface area contributed by atoms with Crippen LogP contribution in [0.5, 0.6) is 5.75 Å². The van der Waals surface area contributed by atoms with Crippen molar-refractivity contribution in [1.82, 2.24) is 15.3 Å². The molecule has 0 spiro atoms. The van der Waals surface area contributed by atoms with Gasteiger partial charge in [0.25, 0.3) is 5.56 Å². The third kappa shape index (κ3) is 6.57. The molecule has 0 aliphatic carbocycles. The molecule has 2 aromatic carbocycles. The minimum atomic E-state index is -2.39. The number of nitrogens with zero attached hydrogens (tertiary/aromatic N) is 1. The highest BCUT2D eigenvalue weighted by Crippen LogP contribution is 2.22. The van der Waals surface area contributed by atoms with Crippen LogP contribution in [0.25, 0.3) is 0 Å². The normalized spacial score (nSPS) is 20.2. The van der Waals surface area contributed by atoms with Gasteiger partial charge < -0.3 is 20.5 Å². The van der Waals surface area contributed by atoms with Gasteiger partial charge in [0.15, 0.2) is 0 Å². The van der Waals surface area contributed by atoms with E-state index in [0.717, 1.165) is 28.7 Å². The van der Waals surface area contributed by atoms with E-state index in [-0.39, 0.29) is 30.7 Å². The fraction of sp³-hybridized carbons (Fsp3) is 0.308. The van der Waals surface area contributed by atoms with Crippen molar-refractivity contribution in [3.05, 3.63) is 93.2 Å². The first-order valence-electron chi connectivity index (χ1n) is 11.4. The third-order valence-corrected chi connectivity index (χ3v) is 7.95. The monoisotopic (exact) mass is 492 g/mol. The number of aromatic nitrogens is 2. The van der Waals surface area contributed by atoms with Gasteiger partial charge in [0.1, 0.15) is 0 Å². The molecule has 1 aliphatic heterocycles. The molecule has 1 fully saturated rings. The van der Waals surface area contributed by atoms with Gasteiger partial charge in [-0.3, -0.25) is 9.57 Å². The maximum atomic E-state index is 11.8. The molecule has 182 valence electrons. The first kappa shape index (κ1) is 24.7. The Morgan fingerprint density at radius 2 is 1.80 bits per heavy atom. The molecule has 5 N–H and O–H groups in total. The van der Waals surface area contributed by atoms with Crippen LogP contribution in [-0.2, 0) is 22.7 Å². The standard InChI is InChI=1S/C26H28N4O4S/c27-35(34)12-11-23(16-35)28-14-20-5-3-18(4-6-20)1-2-19-7-9-21(10-8-19)22(15-31)13-24-25(32)26(33)30-17-29-24/h3-10,17,22-23,27-28,31-32H,11-16H2,(H,29,30,33)/t22?,23-,35?/m0/s1. The summed E-state index contributed by atoms with van der Waals surface area (Å²) in [6.45, 7) is 0.523. The lowest BCUT2D eigenvalue weighted by molar-refractivity contribution is 0.263. The molecule has 2 unspecified atom stereocenters. The number of aromatic hydroxyl groups is 1. The molecule has 1 aromatic heterocycles. The molecule has 4 rings (SSSR count). The van der Waals surface area contributed by atoms with Crippen molar-refractivity contribution in [3.63, 3.8) is 0 Å². The highest BCUT2D eigenvalue weighted by Gasteiger charge is 2.24. The second-order valence-electron chi connectivity index (χ2n) is 8.73. The lowest BCUT2D eigenvalue weighted by Crippen LogP contribution is -2.29. The van der Waals surface area contributed by atoms with E-state index in [1.165, 1.54) is 6.33 Å². The Labute approximate surface area is 204 Å². The smallest absolute Gasteiger partial charge is 0.293 e. The Hall–Kier alpha value is -3.45. The van der Waals surface area contributed by atoms with Gasteiger partial charge in [0, 0.05) is 57.3 Å². The zero-order chi connectivity index (χ0) is 24.8. The molecule has 35 heavy (non-hydrogen) atoms. The zero-order valence-corrected chi connectivity index (χ0v) is 20.0. The van der Waals surface area contributed by atoms with Gasteiger partial charge in [0.2, 0.25) is 5.75 Å². The lowest BCUT2D eigenvalue weighted by Gasteiger charge is -2.14. The second-order valence-corrected chi connectivity index (χ2v) is 11.1. The Balaban J connectivity index is 1.35. The molecule has 1 aliphatic rings. The van der Waals surface area contributed by atoms with Crippen LogP contribution in [0.3, 0.4) is 0 Å². The molecule has 3 atom stereocenters. The molecule has 3 aromatic rings. The molecule has 2 heterocycles. The summed E-state index contributed by atoms with van der Waals surface area (Å²) >= 11 is 0. The number of nitrogens with one attached hydrogen (secondary N) is 3. The van der Waals surface area contributed by atoms with Crippen LogP contribution in [0.2, 0.25) is 0 Å². The Bertz CT molecular complexity index is 1390. The summed E-state index contributed by atoms with van der Waals surface area (Å²) in [5.41, 5.74) is 3.33. The van der Waals surface area contributed by atoms with Gasteiger partial charge in [-0.2, -0.15) is 0 Å². The SMILES string of the molecule is N=S1(=O)CC[C@H](NCc2ccc(C#Cc3ccc(C(CO)Cc4nc[nH]c(=O)c4O)cc3)cc2)C1. The minimum absolute atomic E-state index is 0.144. The molecular formula is C26H28N4O4S. The van der Waals surface area contributed by atoms with E-state index in [1.807, 2.05) is 48.5 Å². The van der Waals surface area contributed by atoms with Gasteiger partial charge >= 0.3 is 0 Å². The molecule has 0 amide bonds. The summed E-state index contributed by atoms with van der Waals surface area (Å²) in [5, 5.41) is 23.1. The first-order valence-corrected chi connectivity index (χ1v) is 13.3. The fourth-order valence-electron chi connectivity index (χ4n) is 4.04. The number of H-pyrrole nitrogens is 1. The van der Waals surface area contributed by atoms with Crippen molar-refractivity contribution < 1.29 is 14.4 Å². The first-order chi connectivity index (χ1) is 16.8. The van der Waals surface area contributed by atoms with Crippen LogP contribution in [-0.4, -0.2) is 48.5 Å². The van der Waals surface area contributed by atoms with Crippen LogP contribution in [0.4, 0.5) is 0 Å². The van der Waals surface area contributed by atoms with E-state index in [4.69, 9.17) is 4.78 Å². The maximum absolute atomic E-state index is 11.8. The van der Waals surface area contributed by atoms with Crippen molar-refractivity contribution in [2.75, 3.05) is 18.1 Å². The van der Waals surface area contributed by atoms with Crippen molar-refractivity contribution >= 4 is 9.73 Å². The number of aliphatic hydroxyl groups is 1. The van der Waals surface area contributed by atoms with Crippen LogP contribution < -0.4 is 10.9 Å². The summed E-state index contributed by atoms with van der Waals surface area (Å²) in [7, 11) is -2.39. The molecule has 1 saturated heterocycles. The molecular weight excluding hydrogens is 464 g/mol. The minimum Gasteiger partial charge on any atom is -0.502 e. The summed E-state index contributed by atoms with van der Waals surface area (Å²) in [6.07, 6.45) is 2.26. The van der Waals surface area contributed by atoms with E-state index in [1.54, 1.807) is 0 Å².